The van der Waals surface area contributed by atoms with Gasteiger partial charge in [0, 0.05) is 43.2 Å². The first-order valence-corrected chi connectivity index (χ1v) is 12.8. The van der Waals surface area contributed by atoms with Crippen LogP contribution in [0.2, 0.25) is 0 Å². The molecule has 3 heterocycles. The molecular formula is C27H33N3O6. The molecule has 1 aliphatic carbocycles. The molecule has 36 heavy (non-hydrogen) atoms. The molecule has 3 aliphatic rings. The Labute approximate surface area is 210 Å². The largest absolute Gasteiger partial charge is 0.509 e. The molecule has 2 saturated heterocycles. The number of likely N-dealkylation sites (tertiary alicyclic amines) is 1. The van der Waals surface area contributed by atoms with E-state index in [4.69, 9.17) is 14.2 Å². The lowest BCUT2D eigenvalue weighted by atomic mass is 9.78. The maximum Gasteiger partial charge on any atom is 0.509 e. The number of nitrogens with one attached hydrogen (secondary N) is 1. The van der Waals surface area contributed by atoms with Gasteiger partial charge in [-0.15, -0.1) is 0 Å². The van der Waals surface area contributed by atoms with Crippen LogP contribution in [-0.2, 0) is 30.2 Å². The molecule has 1 aromatic heterocycles. The number of benzene rings is 1. The summed E-state index contributed by atoms with van der Waals surface area (Å²) < 4.78 is 16.5. The van der Waals surface area contributed by atoms with Crippen molar-refractivity contribution in [1.29, 1.82) is 0 Å². The van der Waals surface area contributed by atoms with Crippen LogP contribution in [0.4, 0.5) is 4.79 Å². The average Bonchev–Trinajstić information content (AvgIpc) is 3.40. The minimum Gasteiger partial charge on any atom is -0.435 e. The van der Waals surface area contributed by atoms with Gasteiger partial charge in [-0.1, -0.05) is 24.3 Å². The Morgan fingerprint density at radius 1 is 1.22 bits per heavy atom. The van der Waals surface area contributed by atoms with Crippen molar-refractivity contribution < 1.29 is 28.6 Å². The maximum atomic E-state index is 13.9. The van der Waals surface area contributed by atoms with E-state index in [2.05, 4.69) is 11.1 Å². The zero-order valence-electron chi connectivity index (χ0n) is 20.7. The number of para-hydroxylation sites is 1. The van der Waals surface area contributed by atoms with Gasteiger partial charge in [-0.05, 0) is 44.2 Å². The van der Waals surface area contributed by atoms with Gasteiger partial charge in [-0.2, -0.15) is 0 Å². The van der Waals surface area contributed by atoms with E-state index >= 15 is 0 Å². The van der Waals surface area contributed by atoms with Crippen LogP contribution >= 0.6 is 0 Å². The summed E-state index contributed by atoms with van der Waals surface area (Å²) in [5.41, 5.74) is 1.65. The molecule has 0 spiro atoms. The third-order valence-corrected chi connectivity index (χ3v) is 7.49. The molecule has 1 N–H and O–H groups in total. The summed E-state index contributed by atoms with van der Waals surface area (Å²) in [4.78, 5) is 46.5. The second-order valence-corrected chi connectivity index (χ2v) is 9.51. The van der Waals surface area contributed by atoms with Gasteiger partial charge < -0.3 is 29.0 Å². The number of hydrogen-bond acceptors (Lipinski definition) is 6. The predicted molar refractivity (Wildman–Crippen MR) is 132 cm³/mol. The molecule has 192 valence electrons. The Bertz CT molecular complexity index is 1170. The molecule has 2 aliphatic heterocycles. The first-order valence-electron chi connectivity index (χ1n) is 12.8. The molecule has 2 aromatic rings. The van der Waals surface area contributed by atoms with E-state index < -0.39 is 17.7 Å². The Morgan fingerprint density at radius 3 is 2.83 bits per heavy atom. The minimum absolute atomic E-state index is 0.0147. The van der Waals surface area contributed by atoms with Gasteiger partial charge in [-0.3, -0.25) is 9.59 Å². The standard InChI is InChI=1S/C27H33N3O6/c1-2-35-26(33)36-27-11-6-5-9-23(27)30(12-10-19-18-28-22-8-4-3-7-20(19)22)25(32)21(27)17-24(31)29-13-15-34-16-14-29/h3-4,7-9,18,21,28H,2,5-6,10-17H2,1H3/t21-,27-/m1/s1. The van der Waals surface area contributed by atoms with Gasteiger partial charge in [0.15, 0.2) is 5.60 Å². The van der Waals surface area contributed by atoms with Crippen LogP contribution < -0.4 is 0 Å². The minimum atomic E-state index is -1.19. The lowest BCUT2D eigenvalue weighted by molar-refractivity contribution is -0.144. The van der Waals surface area contributed by atoms with Crippen molar-refractivity contribution in [2.45, 2.75) is 44.6 Å². The molecule has 2 fully saturated rings. The van der Waals surface area contributed by atoms with Gasteiger partial charge in [0.25, 0.3) is 0 Å². The number of aromatic amines is 1. The lowest BCUT2D eigenvalue weighted by Gasteiger charge is -2.37. The fraction of sp³-hybridized carbons (Fsp3) is 0.519. The van der Waals surface area contributed by atoms with Crippen LogP contribution in [0.3, 0.4) is 0 Å². The monoisotopic (exact) mass is 495 g/mol. The number of aromatic nitrogens is 1. The highest BCUT2D eigenvalue weighted by atomic mass is 16.7. The molecule has 9 nitrogen and oxygen atoms in total. The molecule has 9 heteroatoms. The van der Waals surface area contributed by atoms with E-state index in [9.17, 15) is 14.4 Å². The van der Waals surface area contributed by atoms with E-state index in [0.717, 1.165) is 29.3 Å². The van der Waals surface area contributed by atoms with Crippen LogP contribution in [0.5, 0.6) is 0 Å². The highest BCUT2D eigenvalue weighted by molar-refractivity contribution is 5.92. The van der Waals surface area contributed by atoms with Crippen molar-refractivity contribution in [3.05, 3.63) is 47.8 Å². The summed E-state index contributed by atoms with van der Waals surface area (Å²) >= 11 is 0. The molecule has 0 saturated carbocycles. The zero-order valence-corrected chi connectivity index (χ0v) is 20.7. The number of H-pyrrole nitrogens is 1. The number of nitrogens with zero attached hydrogens (tertiary/aromatic N) is 2. The molecule has 0 radical (unpaired) electrons. The topological polar surface area (TPSA) is 101 Å². The second-order valence-electron chi connectivity index (χ2n) is 9.51. The number of rotatable bonds is 7. The van der Waals surface area contributed by atoms with Crippen LogP contribution in [-0.4, -0.2) is 77.8 Å². The zero-order chi connectivity index (χ0) is 25.1. The fourth-order valence-corrected chi connectivity index (χ4v) is 5.74. The normalized spacial score (nSPS) is 24.0. The fourth-order valence-electron chi connectivity index (χ4n) is 5.74. The summed E-state index contributed by atoms with van der Waals surface area (Å²) in [5.74, 6) is -1.08. The molecule has 2 atom stereocenters. The second kappa shape index (κ2) is 10.3. The maximum absolute atomic E-state index is 13.9. The third-order valence-electron chi connectivity index (χ3n) is 7.49. The molecule has 0 unspecified atom stereocenters. The Kier molecular flexibility index (Phi) is 7.00. The van der Waals surface area contributed by atoms with E-state index in [1.54, 1.807) is 16.7 Å². The summed E-state index contributed by atoms with van der Waals surface area (Å²) in [5, 5.41) is 1.12. The van der Waals surface area contributed by atoms with Crippen molar-refractivity contribution in [2.24, 2.45) is 5.92 Å². The molecule has 0 bridgehead atoms. The average molecular weight is 496 g/mol. The van der Waals surface area contributed by atoms with Crippen molar-refractivity contribution in [1.82, 2.24) is 14.8 Å². The molecule has 1 aromatic carbocycles. The van der Waals surface area contributed by atoms with Crippen LogP contribution in [0.1, 0.15) is 38.2 Å². The molecular weight excluding hydrogens is 462 g/mol. The van der Waals surface area contributed by atoms with Crippen molar-refractivity contribution in [3.63, 3.8) is 0 Å². The van der Waals surface area contributed by atoms with E-state index in [0.29, 0.717) is 51.4 Å². The predicted octanol–water partition coefficient (Wildman–Crippen LogP) is 3.40. The quantitative estimate of drug-likeness (QED) is 0.591. The van der Waals surface area contributed by atoms with Crippen LogP contribution in [0, 0.1) is 5.92 Å². The van der Waals surface area contributed by atoms with Gasteiger partial charge in [0.05, 0.1) is 31.4 Å². The number of hydrogen-bond donors (Lipinski definition) is 1. The van der Waals surface area contributed by atoms with Gasteiger partial charge in [0.1, 0.15) is 0 Å². The number of carbonyl (C=O) groups is 3. The number of morpholine rings is 1. The Balaban J connectivity index is 1.43. The van der Waals surface area contributed by atoms with E-state index in [1.807, 2.05) is 30.5 Å². The van der Waals surface area contributed by atoms with Gasteiger partial charge >= 0.3 is 6.16 Å². The van der Waals surface area contributed by atoms with E-state index in [1.165, 1.54) is 0 Å². The van der Waals surface area contributed by atoms with Crippen LogP contribution in [0.25, 0.3) is 10.9 Å². The van der Waals surface area contributed by atoms with Gasteiger partial charge in [0.2, 0.25) is 11.8 Å². The Hall–Kier alpha value is -3.33. The lowest BCUT2D eigenvalue weighted by Crippen LogP contribution is -2.47. The molecule has 2 amide bonds. The summed E-state index contributed by atoms with van der Waals surface area (Å²) in [6, 6.07) is 8.06. The first kappa shape index (κ1) is 24.4. The number of allylic oxidation sites excluding steroid dienone is 1. The molecule has 5 rings (SSSR count). The highest BCUT2D eigenvalue weighted by Crippen LogP contribution is 2.49. The SMILES string of the molecule is CCOC(=O)O[C@@]12CCCC=C1N(CCc1c[nH]c3ccccc13)C(=O)[C@H]2CC(=O)N1CCOCC1. The van der Waals surface area contributed by atoms with Crippen molar-refractivity contribution >= 4 is 28.9 Å². The third kappa shape index (κ3) is 4.48. The van der Waals surface area contributed by atoms with Crippen molar-refractivity contribution in [2.75, 3.05) is 39.5 Å². The van der Waals surface area contributed by atoms with Gasteiger partial charge in [-0.25, -0.2) is 4.79 Å². The number of ether oxygens (including phenoxy) is 3. The number of fused-ring (bicyclic) bond motifs is 2. The van der Waals surface area contributed by atoms with E-state index in [-0.39, 0.29) is 24.8 Å². The smallest absolute Gasteiger partial charge is 0.435 e. The summed E-state index contributed by atoms with van der Waals surface area (Å²) in [7, 11) is 0. The number of carbonyl (C=O) groups excluding carboxylic acids is 3. The van der Waals surface area contributed by atoms with Crippen molar-refractivity contribution in [3.8, 4) is 0 Å². The van der Waals surface area contributed by atoms with Crippen LogP contribution in [0.15, 0.2) is 42.2 Å². The summed E-state index contributed by atoms with van der Waals surface area (Å²) in [6.45, 7) is 4.28. The summed E-state index contributed by atoms with van der Waals surface area (Å²) in [6.07, 6.45) is 5.80. The number of amides is 2. The Morgan fingerprint density at radius 2 is 2.03 bits per heavy atom. The first-order chi connectivity index (χ1) is 17.5. The highest BCUT2D eigenvalue weighted by Gasteiger charge is 2.60.